The first-order valence-electron chi connectivity index (χ1n) is 12.3. The van der Waals surface area contributed by atoms with E-state index in [9.17, 15) is 28.8 Å². The fourth-order valence-electron chi connectivity index (χ4n) is 0. The highest BCUT2D eigenvalue weighted by molar-refractivity contribution is 5.73. The Morgan fingerprint density at radius 2 is 0.548 bits per heavy atom. The van der Waals surface area contributed by atoms with Gasteiger partial charge in [0, 0.05) is 98.0 Å². The van der Waals surface area contributed by atoms with Crippen molar-refractivity contribution in [3.8, 4) is 0 Å². The fourth-order valence-corrected chi connectivity index (χ4v) is 0. The van der Waals surface area contributed by atoms with E-state index in [2.05, 4.69) is 30.2 Å². The van der Waals surface area contributed by atoms with Crippen molar-refractivity contribution in [2.24, 2.45) is 0 Å². The molecule has 258 valence electrons. The number of amides is 4. The van der Waals surface area contributed by atoms with Gasteiger partial charge in [0.1, 0.15) is 0 Å². The Bertz CT molecular complexity index is 524. The van der Waals surface area contributed by atoms with Gasteiger partial charge in [0.2, 0.25) is 23.6 Å². The van der Waals surface area contributed by atoms with Gasteiger partial charge in [0.25, 0.3) is 0 Å². The average molecular weight is 619 g/mol. The van der Waals surface area contributed by atoms with Gasteiger partial charge in [-0.15, -0.1) is 0 Å². The summed E-state index contributed by atoms with van der Waals surface area (Å²) in [6, 6.07) is 0. The molecule has 0 aliphatic carbocycles. The zero-order chi connectivity index (χ0) is 36.4. The summed E-state index contributed by atoms with van der Waals surface area (Å²) in [5.41, 5.74) is 0. The molecule has 0 fully saturated rings. The molecule has 0 saturated carbocycles. The summed E-state index contributed by atoms with van der Waals surface area (Å²) in [5, 5.41) is 7.53. The second-order valence-corrected chi connectivity index (χ2v) is 8.08. The molecule has 0 atom stereocenters. The van der Waals surface area contributed by atoms with Gasteiger partial charge in [-0.05, 0) is 35.2 Å². The Labute approximate surface area is 257 Å². The van der Waals surface area contributed by atoms with Gasteiger partial charge < -0.3 is 44.9 Å². The van der Waals surface area contributed by atoms with E-state index in [0.29, 0.717) is 0 Å². The van der Waals surface area contributed by atoms with Crippen LogP contribution in [0.25, 0.3) is 0 Å². The summed E-state index contributed by atoms with van der Waals surface area (Å²) in [5.74, 6) is -0.296. The normalized spacial score (nSPS) is 7.19. The van der Waals surface area contributed by atoms with Gasteiger partial charge in [-0.25, -0.2) is 0 Å². The molecule has 3 N–H and O–H groups in total. The topological polar surface area (TPSA) is 176 Å². The SMILES string of the molecule is CC(=O)N(C)C.CC(=O)N(C)C.CN(C)C.CNC.CNC(C)=O.CNC(C)=O.COC.COC(C)=O.COC(C)=O. The van der Waals surface area contributed by atoms with Gasteiger partial charge in [-0.2, -0.15) is 0 Å². The molecule has 0 aromatic rings. The lowest BCUT2D eigenvalue weighted by Crippen LogP contribution is -2.17. The first-order chi connectivity index (χ1) is 18.9. The summed E-state index contributed by atoms with van der Waals surface area (Å²) in [6.45, 7) is 8.72. The van der Waals surface area contributed by atoms with Crippen LogP contribution in [-0.4, -0.2) is 156 Å². The predicted octanol–water partition coefficient (Wildman–Crippen LogP) is 0.328. The van der Waals surface area contributed by atoms with Gasteiger partial charge in [0.05, 0.1) is 14.2 Å². The highest BCUT2D eigenvalue weighted by Crippen LogP contribution is 1.70. The van der Waals surface area contributed by atoms with Gasteiger partial charge >= 0.3 is 11.9 Å². The minimum Gasteiger partial charge on any atom is -0.469 e. The highest BCUT2D eigenvalue weighted by atomic mass is 16.5. The molecule has 0 aromatic carbocycles. The number of nitrogens with one attached hydrogen (secondary N) is 3. The Morgan fingerprint density at radius 3 is 0.548 bits per heavy atom. The number of esters is 2. The highest BCUT2D eigenvalue weighted by Gasteiger charge is 1.88. The summed E-state index contributed by atoms with van der Waals surface area (Å²) in [7, 11) is 25.8. The van der Waals surface area contributed by atoms with Crippen LogP contribution in [0.1, 0.15) is 41.5 Å². The second-order valence-electron chi connectivity index (χ2n) is 8.08. The van der Waals surface area contributed by atoms with Crippen molar-refractivity contribution in [2.75, 3.05) is 106 Å². The van der Waals surface area contributed by atoms with Crippen LogP contribution in [0.2, 0.25) is 0 Å². The van der Waals surface area contributed by atoms with E-state index in [4.69, 9.17) is 0 Å². The standard InChI is InChI=1S/2C4H9NO.2C3H7NO.C3H9N.2C3H6O2.C2H7N.C2H6O/c2*1-4(6)5(2)3;2*1-3(5)4-2;1-4(2)3;2*1-3(4)5-2;2*1-3-2/h2*1-3H3;2*1-2H3,(H,4,5);1-3H3;2*1-2H3;3H,1-2H3;1-2H3. The Hall–Kier alpha value is -3.30. The first-order valence-corrected chi connectivity index (χ1v) is 12.3. The van der Waals surface area contributed by atoms with Crippen LogP contribution < -0.4 is 16.0 Å². The number of carbonyl (C=O) groups is 6. The molecule has 42 heavy (non-hydrogen) atoms. The van der Waals surface area contributed by atoms with E-state index in [1.165, 1.54) is 65.6 Å². The number of nitrogens with zero attached hydrogens (tertiary/aromatic N) is 3. The zero-order valence-corrected chi connectivity index (χ0v) is 30.5. The summed E-state index contributed by atoms with van der Waals surface area (Å²) < 4.78 is 12.5. The number of hydrogen-bond acceptors (Lipinski definition) is 11. The van der Waals surface area contributed by atoms with E-state index in [1.54, 1.807) is 56.5 Å². The Balaban J connectivity index is -0.0000000420. The monoisotopic (exact) mass is 618 g/mol. The Kier molecular flexibility index (Phi) is 85.5. The van der Waals surface area contributed by atoms with Crippen molar-refractivity contribution in [3.05, 3.63) is 0 Å². The van der Waals surface area contributed by atoms with Crippen molar-refractivity contribution in [2.45, 2.75) is 41.5 Å². The number of rotatable bonds is 0. The molecule has 0 aromatic heterocycles. The fraction of sp³-hybridized carbons (Fsp3) is 0.778. The molecular weight excluding hydrogens is 552 g/mol. The van der Waals surface area contributed by atoms with Gasteiger partial charge in [-0.1, -0.05) is 0 Å². The van der Waals surface area contributed by atoms with Crippen LogP contribution in [0.4, 0.5) is 0 Å². The quantitative estimate of drug-likeness (QED) is 0.319. The van der Waals surface area contributed by atoms with Crippen LogP contribution in [-0.2, 0) is 43.0 Å². The molecule has 0 radical (unpaired) electrons. The number of ether oxygens (including phenoxy) is 3. The lowest BCUT2D eigenvalue weighted by Gasteiger charge is -2.02. The molecule has 0 aliphatic heterocycles. The lowest BCUT2D eigenvalue weighted by atomic mass is 10.7. The number of methoxy groups -OCH3 is 3. The van der Waals surface area contributed by atoms with E-state index in [1.807, 2.05) is 40.1 Å². The molecular formula is C27H66N6O9. The van der Waals surface area contributed by atoms with Crippen molar-refractivity contribution in [1.82, 2.24) is 30.7 Å². The third-order valence-corrected chi connectivity index (χ3v) is 2.54. The van der Waals surface area contributed by atoms with E-state index in [0.717, 1.165) is 0 Å². The molecule has 0 aliphatic rings. The molecule has 4 amide bonds. The zero-order valence-electron chi connectivity index (χ0n) is 30.5. The molecule has 0 spiro atoms. The third-order valence-electron chi connectivity index (χ3n) is 2.54. The smallest absolute Gasteiger partial charge is 0.302 e. The van der Waals surface area contributed by atoms with E-state index < -0.39 is 0 Å². The molecule has 0 heterocycles. The van der Waals surface area contributed by atoms with Crippen molar-refractivity contribution < 1.29 is 43.0 Å². The largest absolute Gasteiger partial charge is 0.469 e. The van der Waals surface area contributed by atoms with Crippen molar-refractivity contribution in [3.63, 3.8) is 0 Å². The molecule has 0 rings (SSSR count). The number of hydrogen-bond donors (Lipinski definition) is 3. The van der Waals surface area contributed by atoms with Crippen LogP contribution in [0.15, 0.2) is 0 Å². The molecule has 0 unspecified atom stereocenters. The van der Waals surface area contributed by atoms with Crippen molar-refractivity contribution in [1.29, 1.82) is 0 Å². The van der Waals surface area contributed by atoms with Crippen LogP contribution in [0.3, 0.4) is 0 Å². The van der Waals surface area contributed by atoms with Gasteiger partial charge in [0.15, 0.2) is 0 Å². The summed E-state index contributed by atoms with van der Waals surface area (Å²) in [4.78, 5) is 63.8. The predicted molar refractivity (Wildman–Crippen MR) is 171 cm³/mol. The maximum atomic E-state index is 10.1. The first kappa shape index (κ1) is 62.4. The maximum Gasteiger partial charge on any atom is 0.302 e. The number of carbonyl (C=O) groups excluding carboxylic acids is 6. The van der Waals surface area contributed by atoms with E-state index in [-0.39, 0.29) is 35.6 Å². The molecule has 0 saturated heterocycles. The lowest BCUT2D eigenvalue weighted by molar-refractivity contribution is -0.138. The average Bonchev–Trinajstić information content (AvgIpc) is 2.86. The van der Waals surface area contributed by atoms with Crippen LogP contribution in [0, 0.1) is 0 Å². The van der Waals surface area contributed by atoms with Crippen molar-refractivity contribution >= 4 is 35.6 Å². The van der Waals surface area contributed by atoms with E-state index >= 15 is 0 Å². The molecule has 15 nitrogen and oxygen atoms in total. The summed E-state index contributed by atoms with van der Waals surface area (Å²) >= 11 is 0. The van der Waals surface area contributed by atoms with Crippen LogP contribution >= 0.6 is 0 Å². The van der Waals surface area contributed by atoms with Gasteiger partial charge in [-0.3, -0.25) is 28.8 Å². The Morgan fingerprint density at radius 1 is 0.476 bits per heavy atom. The molecule has 0 bridgehead atoms. The van der Waals surface area contributed by atoms with Crippen LogP contribution in [0.5, 0.6) is 0 Å². The minimum atomic E-state index is -0.245. The molecule has 15 heteroatoms. The minimum absolute atomic E-state index is 0.00463. The summed E-state index contributed by atoms with van der Waals surface area (Å²) in [6.07, 6.45) is 0. The second kappa shape index (κ2) is 57.6. The third kappa shape index (κ3) is 290. The maximum absolute atomic E-state index is 10.1.